The van der Waals surface area contributed by atoms with Crippen LogP contribution in [0.3, 0.4) is 0 Å². The summed E-state index contributed by atoms with van der Waals surface area (Å²) >= 11 is 7.11. The quantitative estimate of drug-likeness (QED) is 0.689. The second-order valence-electron chi connectivity index (χ2n) is 3.86. The first-order valence-electron chi connectivity index (χ1n) is 4.97. The number of hydrogen-bond acceptors (Lipinski definition) is 2. The summed E-state index contributed by atoms with van der Waals surface area (Å²) in [7, 11) is 0. The molecule has 0 N–H and O–H groups in total. The molecule has 0 amide bonds. The topological polar surface area (TPSA) is 34.9 Å². The van der Waals surface area contributed by atoms with Gasteiger partial charge in [0.15, 0.2) is 0 Å². The van der Waals surface area contributed by atoms with Crippen LogP contribution >= 0.6 is 31.9 Å². The minimum Gasteiger partial charge on any atom is -0.294 e. The molecule has 82 valence electrons. The Kier molecular flexibility index (Phi) is 2.23. The largest absolute Gasteiger partial charge is 0.294 e. The summed E-state index contributed by atoms with van der Waals surface area (Å²) < 4.78 is 1.37. The fraction of sp³-hybridized carbons (Fsp3) is 0.273. The van der Waals surface area contributed by atoms with Gasteiger partial charge in [0.2, 0.25) is 0 Å². The van der Waals surface area contributed by atoms with E-state index in [2.05, 4.69) is 36.8 Å². The van der Waals surface area contributed by atoms with Crippen molar-refractivity contribution in [1.29, 1.82) is 0 Å². The fourth-order valence-electron chi connectivity index (χ4n) is 2.02. The van der Waals surface area contributed by atoms with Gasteiger partial charge in [0.05, 0.1) is 10.9 Å². The van der Waals surface area contributed by atoms with Crippen molar-refractivity contribution in [3.63, 3.8) is 0 Å². The second kappa shape index (κ2) is 3.40. The smallest absolute Gasteiger partial charge is 0.261 e. The first-order chi connectivity index (χ1) is 7.59. The number of nitrogens with zero attached hydrogens (tertiary/aromatic N) is 2. The molecular weight excluding hydrogens is 336 g/mol. The summed E-state index contributed by atoms with van der Waals surface area (Å²) in [6.45, 7) is 0.697. The predicted octanol–water partition coefficient (Wildman–Crippen LogP) is 2.74. The van der Waals surface area contributed by atoms with Gasteiger partial charge >= 0.3 is 0 Å². The lowest BCUT2D eigenvalue weighted by Crippen LogP contribution is -2.22. The number of benzene rings is 1. The molecule has 0 atom stereocenters. The summed E-state index contributed by atoms with van der Waals surface area (Å²) in [6, 6.07) is 7.44. The average molecular weight is 344 g/mol. The van der Waals surface area contributed by atoms with Gasteiger partial charge < -0.3 is 0 Å². The maximum atomic E-state index is 12.2. The van der Waals surface area contributed by atoms with E-state index in [4.69, 9.17) is 0 Å². The third-order valence-corrected chi connectivity index (χ3v) is 4.34. The number of hydrogen-bond donors (Lipinski definition) is 0. The van der Waals surface area contributed by atoms with Crippen LogP contribution < -0.4 is 5.56 Å². The highest BCUT2D eigenvalue weighted by Gasteiger charge is 2.36. The first kappa shape index (κ1) is 10.5. The van der Waals surface area contributed by atoms with E-state index < -0.39 is 0 Å². The molecule has 1 aliphatic rings. The van der Waals surface area contributed by atoms with Gasteiger partial charge in [-0.15, -0.1) is 0 Å². The van der Waals surface area contributed by atoms with Crippen molar-refractivity contribution in [2.45, 2.75) is 16.2 Å². The van der Waals surface area contributed by atoms with Crippen LogP contribution in [0.25, 0.3) is 10.9 Å². The Bertz CT molecular complexity index is 633. The second-order valence-corrected chi connectivity index (χ2v) is 7.64. The van der Waals surface area contributed by atoms with Crippen molar-refractivity contribution in [2.75, 3.05) is 0 Å². The van der Waals surface area contributed by atoms with E-state index in [-0.39, 0.29) is 8.79 Å². The van der Waals surface area contributed by atoms with Crippen molar-refractivity contribution < 1.29 is 0 Å². The Labute approximate surface area is 109 Å². The van der Waals surface area contributed by atoms with Crippen LogP contribution in [-0.4, -0.2) is 9.55 Å². The molecular formula is C11H8Br2N2O. The summed E-state index contributed by atoms with van der Waals surface area (Å²) in [4.78, 5) is 16.7. The van der Waals surface area contributed by atoms with Crippen LogP contribution in [0.15, 0.2) is 29.1 Å². The maximum absolute atomic E-state index is 12.2. The highest BCUT2D eigenvalue weighted by atomic mass is 79.9. The van der Waals surface area contributed by atoms with E-state index in [0.29, 0.717) is 11.9 Å². The minimum absolute atomic E-state index is 0.0429. The molecule has 0 unspecified atom stereocenters. The van der Waals surface area contributed by atoms with Crippen LogP contribution in [0.2, 0.25) is 0 Å². The third-order valence-electron chi connectivity index (χ3n) is 2.84. The van der Waals surface area contributed by atoms with Crippen LogP contribution in [0.4, 0.5) is 0 Å². The molecule has 1 aromatic heterocycles. The molecule has 1 aromatic carbocycles. The van der Waals surface area contributed by atoms with Crippen LogP contribution in [-0.2, 0) is 9.78 Å². The van der Waals surface area contributed by atoms with Crippen molar-refractivity contribution in [1.82, 2.24) is 9.55 Å². The molecule has 0 saturated carbocycles. The number of rotatable bonds is 0. The Morgan fingerprint density at radius 2 is 2.06 bits per heavy atom. The monoisotopic (exact) mass is 342 g/mol. The molecule has 0 saturated heterocycles. The van der Waals surface area contributed by atoms with Crippen LogP contribution in [0.1, 0.15) is 12.2 Å². The zero-order valence-electron chi connectivity index (χ0n) is 8.28. The lowest BCUT2D eigenvalue weighted by atomic mass is 10.2. The Balaban J connectivity index is 2.46. The lowest BCUT2D eigenvalue weighted by molar-refractivity contribution is 0.716. The molecule has 3 nitrogen and oxygen atoms in total. The zero-order chi connectivity index (χ0) is 11.3. The molecule has 1 aliphatic heterocycles. The summed E-state index contributed by atoms with van der Waals surface area (Å²) in [5.74, 6) is 0.760. The van der Waals surface area contributed by atoms with Gasteiger partial charge in [0.25, 0.3) is 5.56 Å². The van der Waals surface area contributed by atoms with E-state index in [1.165, 1.54) is 0 Å². The van der Waals surface area contributed by atoms with Gasteiger partial charge in [-0.1, -0.05) is 44.0 Å². The van der Waals surface area contributed by atoms with Crippen LogP contribution in [0, 0.1) is 0 Å². The Morgan fingerprint density at radius 3 is 2.88 bits per heavy atom. The number of para-hydroxylation sites is 1. The van der Waals surface area contributed by atoms with Crippen molar-refractivity contribution >= 4 is 42.8 Å². The van der Waals surface area contributed by atoms with Gasteiger partial charge in [-0.05, 0) is 18.6 Å². The molecule has 0 bridgehead atoms. The normalized spacial score (nSPS) is 17.6. The Hall–Kier alpha value is -0.680. The number of aromatic nitrogens is 2. The molecule has 3 rings (SSSR count). The van der Waals surface area contributed by atoms with Crippen LogP contribution in [0.5, 0.6) is 0 Å². The highest BCUT2D eigenvalue weighted by Crippen LogP contribution is 2.44. The first-order valence-corrected chi connectivity index (χ1v) is 6.56. The summed E-state index contributed by atoms with van der Waals surface area (Å²) in [5, 5.41) is 0.684. The molecule has 16 heavy (non-hydrogen) atoms. The lowest BCUT2D eigenvalue weighted by Gasteiger charge is -2.12. The molecule has 2 aromatic rings. The highest BCUT2D eigenvalue weighted by molar-refractivity contribution is 9.24. The SMILES string of the molecule is O=c1c2ccccc2nc2n1CCC2(Br)Br. The zero-order valence-corrected chi connectivity index (χ0v) is 11.5. The average Bonchev–Trinajstić information content (AvgIpc) is 2.56. The van der Waals surface area contributed by atoms with Gasteiger partial charge in [-0.2, -0.15) is 0 Å². The fourth-order valence-corrected chi connectivity index (χ4v) is 2.98. The van der Waals surface area contributed by atoms with E-state index in [0.717, 1.165) is 17.8 Å². The summed E-state index contributed by atoms with van der Waals surface area (Å²) in [6.07, 6.45) is 0.825. The number of fused-ring (bicyclic) bond motifs is 2. The third kappa shape index (κ3) is 1.38. The maximum Gasteiger partial charge on any atom is 0.261 e. The predicted molar refractivity (Wildman–Crippen MR) is 70.2 cm³/mol. The number of halogens is 2. The molecule has 0 spiro atoms. The van der Waals surface area contributed by atoms with Gasteiger partial charge in [0.1, 0.15) is 9.06 Å². The van der Waals surface area contributed by atoms with E-state index in [1.54, 1.807) is 4.57 Å². The molecule has 0 fully saturated rings. The van der Waals surface area contributed by atoms with Gasteiger partial charge in [0, 0.05) is 6.54 Å². The van der Waals surface area contributed by atoms with E-state index >= 15 is 0 Å². The summed E-state index contributed by atoms with van der Waals surface area (Å²) in [5.41, 5.74) is 0.797. The number of alkyl halides is 2. The van der Waals surface area contributed by atoms with Crippen molar-refractivity contribution in [3.05, 3.63) is 40.4 Å². The molecule has 0 aliphatic carbocycles. The van der Waals surface area contributed by atoms with Gasteiger partial charge in [-0.3, -0.25) is 9.36 Å². The minimum atomic E-state index is -0.358. The van der Waals surface area contributed by atoms with Crippen molar-refractivity contribution in [3.8, 4) is 0 Å². The van der Waals surface area contributed by atoms with Gasteiger partial charge in [-0.25, -0.2) is 4.98 Å². The molecule has 0 radical (unpaired) electrons. The standard InChI is InChI=1S/C11H8Br2N2O/c12-11(13)5-6-15-9(16)7-3-1-2-4-8(7)14-10(11)15/h1-4H,5-6H2. The molecule has 5 heteroatoms. The molecule has 2 heterocycles. The van der Waals surface area contributed by atoms with E-state index in [1.807, 2.05) is 24.3 Å². The Morgan fingerprint density at radius 1 is 1.31 bits per heavy atom. The van der Waals surface area contributed by atoms with Crippen molar-refractivity contribution in [2.24, 2.45) is 0 Å². The van der Waals surface area contributed by atoms with E-state index in [9.17, 15) is 4.79 Å².